The first kappa shape index (κ1) is 21.0. The first-order valence-corrected chi connectivity index (χ1v) is 9.28. The highest BCUT2D eigenvalue weighted by atomic mass is 16.5. The van der Waals surface area contributed by atoms with Gasteiger partial charge in [-0.3, -0.25) is 4.68 Å². The third kappa shape index (κ3) is 5.01. The van der Waals surface area contributed by atoms with E-state index in [0.29, 0.717) is 23.9 Å². The molecule has 3 aromatic heterocycles. The van der Waals surface area contributed by atoms with Crippen LogP contribution in [0.15, 0.2) is 30.9 Å². The maximum atomic E-state index is 9.30. The third-order valence-electron chi connectivity index (χ3n) is 4.14. The summed E-state index contributed by atoms with van der Waals surface area (Å²) >= 11 is 0. The number of likely N-dealkylation sites (N-methyl/N-ethyl adjacent to an activating group) is 1. The van der Waals surface area contributed by atoms with E-state index in [1.807, 2.05) is 45.2 Å². The van der Waals surface area contributed by atoms with Crippen molar-refractivity contribution in [1.82, 2.24) is 29.6 Å². The van der Waals surface area contributed by atoms with Crippen molar-refractivity contribution in [1.29, 1.82) is 5.26 Å². The van der Waals surface area contributed by atoms with Gasteiger partial charge < -0.3 is 19.7 Å². The second-order valence-corrected chi connectivity index (χ2v) is 7.01. The van der Waals surface area contributed by atoms with Crippen LogP contribution in [0.25, 0.3) is 11.1 Å². The summed E-state index contributed by atoms with van der Waals surface area (Å²) in [6.45, 7) is 2.59. The molecule has 1 N–H and O–H groups in total. The Morgan fingerprint density at radius 2 is 2.03 bits per heavy atom. The Labute approximate surface area is 175 Å². The van der Waals surface area contributed by atoms with Crippen molar-refractivity contribution in [3.63, 3.8) is 0 Å². The molecular weight excluding hydrogens is 384 g/mol. The molecule has 1 atom stereocenters. The number of aromatic nitrogens is 5. The summed E-state index contributed by atoms with van der Waals surface area (Å²) in [5.41, 5.74) is 1.85. The monoisotopic (exact) mass is 408 g/mol. The second-order valence-electron chi connectivity index (χ2n) is 7.01. The summed E-state index contributed by atoms with van der Waals surface area (Å²) in [4.78, 5) is 15.0. The summed E-state index contributed by atoms with van der Waals surface area (Å²) in [5.74, 6) is 1.74. The molecule has 3 aromatic rings. The third-order valence-corrected chi connectivity index (χ3v) is 4.14. The molecule has 0 spiro atoms. The number of pyridine rings is 1. The highest BCUT2D eigenvalue weighted by molar-refractivity contribution is 5.71. The number of hydrogen-bond acceptors (Lipinski definition) is 9. The number of nitrogens with one attached hydrogen (secondary N) is 1. The summed E-state index contributed by atoms with van der Waals surface area (Å²) in [6.07, 6.45) is 6.64. The van der Waals surface area contributed by atoms with E-state index >= 15 is 0 Å². The van der Waals surface area contributed by atoms with Gasteiger partial charge in [-0.05, 0) is 21.0 Å². The number of methoxy groups -OCH3 is 1. The van der Waals surface area contributed by atoms with Crippen LogP contribution in [-0.4, -0.2) is 63.5 Å². The lowest BCUT2D eigenvalue weighted by Gasteiger charge is -2.18. The molecule has 0 fully saturated rings. The maximum absolute atomic E-state index is 9.30. The van der Waals surface area contributed by atoms with Gasteiger partial charge >= 0.3 is 0 Å². The Kier molecular flexibility index (Phi) is 6.44. The number of nitriles is 1. The molecule has 0 aliphatic rings. The van der Waals surface area contributed by atoms with Crippen molar-refractivity contribution in [3.05, 3.63) is 36.5 Å². The van der Waals surface area contributed by atoms with Gasteiger partial charge in [0.2, 0.25) is 5.69 Å². The number of anilines is 2. The van der Waals surface area contributed by atoms with Gasteiger partial charge in [0.15, 0.2) is 5.82 Å². The molecule has 0 saturated heterocycles. The predicted molar refractivity (Wildman–Crippen MR) is 112 cm³/mol. The van der Waals surface area contributed by atoms with E-state index in [2.05, 4.69) is 25.4 Å². The topological polar surface area (TPSA) is 114 Å². The Balaban J connectivity index is 1.83. The van der Waals surface area contributed by atoms with Crippen molar-refractivity contribution in [2.45, 2.75) is 13.0 Å². The molecule has 0 amide bonds. The molecule has 0 radical (unpaired) electrons. The largest absolute Gasteiger partial charge is 0.496 e. The molecule has 3 rings (SSSR count). The molecule has 3 heterocycles. The van der Waals surface area contributed by atoms with Crippen molar-refractivity contribution in [2.75, 3.05) is 33.1 Å². The van der Waals surface area contributed by atoms with Gasteiger partial charge in [-0.1, -0.05) is 0 Å². The van der Waals surface area contributed by atoms with Crippen LogP contribution in [0.5, 0.6) is 11.6 Å². The normalized spacial score (nSPS) is 11.8. The predicted octanol–water partition coefficient (Wildman–Crippen LogP) is 2.22. The molecule has 0 aliphatic carbocycles. The van der Waals surface area contributed by atoms with Crippen LogP contribution in [0, 0.1) is 11.3 Å². The van der Waals surface area contributed by atoms with E-state index < -0.39 is 0 Å². The molecule has 156 valence electrons. The Morgan fingerprint density at radius 3 is 2.67 bits per heavy atom. The summed E-state index contributed by atoms with van der Waals surface area (Å²) in [6, 6.07) is 3.77. The molecule has 0 unspecified atom stereocenters. The standard InChI is InChI=1S/C20H24N8O2/c1-13(11-27(2)3)30-20-16(7-21)22-10-19(26-20)25-18-6-17(29-5)15(9-23-18)14-8-24-28(4)12-14/h6,8-10,12-13H,11H2,1-5H3,(H,23,25,26)/t13-/m1/s1. The van der Waals surface area contributed by atoms with Crippen molar-refractivity contribution in [3.8, 4) is 28.8 Å². The SMILES string of the molecule is COc1cc(Nc2cnc(C#N)c(O[C@H](C)CN(C)C)n2)ncc1-c1cnn(C)c1. The van der Waals surface area contributed by atoms with Crippen LogP contribution >= 0.6 is 0 Å². The molecule has 10 nitrogen and oxygen atoms in total. The minimum atomic E-state index is -0.159. The number of hydrogen-bond donors (Lipinski definition) is 1. The van der Waals surface area contributed by atoms with Gasteiger partial charge in [-0.25, -0.2) is 9.97 Å². The number of ether oxygens (including phenoxy) is 2. The molecule has 30 heavy (non-hydrogen) atoms. The lowest BCUT2D eigenvalue weighted by molar-refractivity contribution is 0.169. The zero-order chi connectivity index (χ0) is 21.7. The second kappa shape index (κ2) is 9.19. The van der Waals surface area contributed by atoms with Crippen molar-refractivity contribution < 1.29 is 9.47 Å². The fourth-order valence-corrected chi connectivity index (χ4v) is 2.92. The number of aryl methyl sites for hydroxylation is 1. The van der Waals surface area contributed by atoms with Crippen LogP contribution in [0.2, 0.25) is 0 Å². The molecular formula is C20H24N8O2. The Bertz CT molecular complexity index is 1060. The van der Waals surface area contributed by atoms with Gasteiger partial charge in [0, 0.05) is 43.2 Å². The average Bonchev–Trinajstić information content (AvgIpc) is 3.13. The van der Waals surface area contributed by atoms with Crippen LogP contribution in [0.4, 0.5) is 11.6 Å². The van der Waals surface area contributed by atoms with Crippen LogP contribution in [0.1, 0.15) is 12.6 Å². The Hall–Kier alpha value is -3.71. The summed E-state index contributed by atoms with van der Waals surface area (Å²) in [5, 5.41) is 16.6. The maximum Gasteiger partial charge on any atom is 0.253 e. The molecule has 0 saturated carbocycles. The number of nitrogens with zero attached hydrogens (tertiary/aromatic N) is 7. The molecule has 0 bridgehead atoms. The van der Waals surface area contributed by atoms with E-state index in [4.69, 9.17) is 9.47 Å². The van der Waals surface area contributed by atoms with E-state index in [-0.39, 0.29) is 17.7 Å². The van der Waals surface area contributed by atoms with Crippen molar-refractivity contribution >= 4 is 11.6 Å². The number of rotatable bonds is 8. The fraction of sp³-hybridized carbons (Fsp3) is 0.350. The zero-order valence-corrected chi connectivity index (χ0v) is 17.6. The minimum absolute atomic E-state index is 0.128. The smallest absolute Gasteiger partial charge is 0.253 e. The zero-order valence-electron chi connectivity index (χ0n) is 17.6. The van der Waals surface area contributed by atoms with Gasteiger partial charge in [-0.15, -0.1) is 0 Å². The first-order valence-electron chi connectivity index (χ1n) is 9.28. The van der Waals surface area contributed by atoms with E-state index in [0.717, 1.165) is 11.1 Å². The highest BCUT2D eigenvalue weighted by Crippen LogP contribution is 2.31. The minimum Gasteiger partial charge on any atom is -0.496 e. The lowest BCUT2D eigenvalue weighted by atomic mass is 10.1. The van der Waals surface area contributed by atoms with E-state index in [1.54, 1.807) is 30.3 Å². The van der Waals surface area contributed by atoms with Crippen LogP contribution < -0.4 is 14.8 Å². The summed E-state index contributed by atoms with van der Waals surface area (Å²) in [7, 11) is 7.34. The molecule has 0 aliphatic heterocycles. The molecule has 0 aromatic carbocycles. The van der Waals surface area contributed by atoms with Gasteiger partial charge in [0.1, 0.15) is 23.7 Å². The highest BCUT2D eigenvalue weighted by Gasteiger charge is 2.15. The molecule has 10 heteroatoms. The first-order chi connectivity index (χ1) is 14.4. The van der Waals surface area contributed by atoms with Crippen LogP contribution in [0.3, 0.4) is 0 Å². The van der Waals surface area contributed by atoms with Crippen molar-refractivity contribution in [2.24, 2.45) is 7.05 Å². The van der Waals surface area contributed by atoms with Gasteiger partial charge in [-0.2, -0.15) is 15.3 Å². The fourth-order valence-electron chi connectivity index (χ4n) is 2.92. The van der Waals surface area contributed by atoms with Crippen LogP contribution in [-0.2, 0) is 7.05 Å². The van der Waals surface area contributed by atoms with Gasteiger partial charge in [0.05, 0.1) is 19.5 Å². The Morgan fingerprint density at radius 1 is 1.23 bits per heavy atom. The van der Waals surface area contributed by atoms with E-state index in [9.17, 15) is 5.26 Å². The lowest BCUT2D eigenvalue weighted by Crippen LogP contribution is -2.28. The quantitative estimate of drug-likeness (QED) is 0.599. The van der Waals surface area contributed by atoms with E-state index in [1.165, 1.54) is 6.20 Å². The van der Waals surface area contributed by atoms with Gasteiger partial charge in [0.25, 0.3) is 5.88 Å². The average molecular weight is 408 g/mol. The summed E-state index contributed by atoms with van der Waals surface area (Å²) < 4.78 is 13.0.